The molecule has 0 radical (unpaired) electrons. The summed E-state index contributed by atoms with van der Waals surface area (Å²) in [6.45, 7) is 2.63. The van der Waals surface area contributed by atoms with Crippen LogP contribution in [0, 0.1) is 0 Å². The summed E-state index contributed by atoms with van der Waals surface area (Å²) in [5.74, 6) is 0. The van der Waals surface area contributed by atoms with Gasteiger partial charge in [-0.15, -0.1) is 0 Å². The van der Waals surface area contributed by atoms with Gasteiger partial charge in [0.1, 0.15) is 0 Å². The lowest BCUT2D eigenvalue weighted by atomic mass is 11.2. The van der Waals surface area contributed by atoms with E-state index in [1.165, 1.54) is 0 Å². The Morgan fingerprint density at radius 3 is 2.00 bits per heavy atom. The maximum Gasteiger partial charge on any atom is 0.331 e. The van der Waals surface area contributed by atoms with Crippen LogP contribution in [-0.4, -0.2) is 18.2 Å². The Morgan fingerprint density at radius 1 is 1.62 bits per heavy atom. The first-order chi connectivity index (χ1) is 3.48. The SMILES string of the molecule is C=C(OO)S(=O)(=O)O. The predicted molar refractivity (Wildman–Crippen MR) is 24.4 cm³/mol. The van der Waals surface area contributed by atoms with Crippen LogP contribution in [0.4, 0.5) is 0 Å². The summed E-state index contributed by atoms with van der Waals surface area (Å²) >= 11 is 0. The molecule has 0 heterocycles. The predicted octanol–water partition coefficient (Wildman–Crippen LogP) is -0.165. The molecule has 6 heteroatoms. The Kier molecular flexibility index (Phi) is 1.96. The molecule has 0 rings (SSSR count). The fraction of sp³-hybridized carbons (Fsp3) is 0. The zero-order valence-corrected chi connectivity index (χ0v) is 4.55. The molecule has 0 aromatic heterocycles. The summed E-state index contributed by atoms with van der Waals surface area (Å²) in [5, 5.41) is 6.45. The quantitative estimate of drug-likeness (QED) is 0.241. The smallest absolute Gasteiger partial charge is 0.326 e. The summed E-state index contributed by atoms with van der Waals surface area (Å²) in [7, 11) is -4.42. The van der Waals surface area contributed by atoms with Crippen molar-refractivity contribution in [2.24, 2.45) is 0 Å². The molecule has 0 amide bonds. The van der Waals surface area contributed by atoms with Crippen LogP contribution < -0.4 is 0 Å². The fourth-order valence-corrected chi connectivity index (χ4v) is 0.141. The second-order valence-corrected chi connectivity index (χ2v) is 2.34. The van der Waals surface area contributed by atoms with Crippen LogP contribution in [0.15, 0.2) is 11.7 Å². The molecular weight excluding hydrogens is 136 g/mol. The number of hydrogen-bond acceptors (Lipinski definition) is 4. The highest BCUT2D eigenvalue weighted by Crippen LogP contribution is 1.97. The minimum Gasteiger partial charge on any atom is -0.326 e. The Morgan fingerprint density at radius 2 is 2.00 bits per heavy atom. The van der Waals surface area contributed by atoms with Crippen LogP contribution in [0.5, 0.6) is 0 Å². The van der Waals surface area contributed by atoms with Crippen molar-refractivity contribution in [2.45, 2.75) is 0 Å². The van der Waals surface area contributed by atoms with E-state index in [2.05, 4.69) is 11.5 Å². The standard InChI is InChI=1S/C2H4O5S/c1-2(7-3)8(4,5)6/h3H,1H2,(H,4,5,6). The molecule has 5 nitrogen and oxygen atoms in total. The van der Waals surface area contributed by atoms with Crippen LogP contribution in [0.1, 0.15) is 0 Å². The van der Waals surface area contributed by atoms with Crippen molar-refractivity contribution in [3.05, 3.63) is 11.7 Å². The Bertz CT molecular complexity index is 177. The Labute approximate surface area is 45.9 Å². The molecule has 0 spiro atoms. The van der Waals surface area contributed by atoms with Crippen LogP contribution in [-0.2, 0) is 15.0 Å². The molecule has 0 bridgehead atoms. The monoisotopic (exact) mass is 140 g/mol. The molecule has 0 aliphatic carbocycles. The van der Waals surface area contributed by atoms with Gasteiger partial charge in [0.2, 0.25) is 0 Å². The fourth-order valence-electron chi connectivity index (χ4n) is 0.0471. The lowest BCUT2D eigenvalue weighted by Crippen LogP contribution is -2.01. The molecule has 0 atom stereocenters. The summed E-state index contributed by atoms with van der Waals surface area (Å²) in [6, 6.07) is 0. The molecule has 0 saturated heterocycles. The molecule has 0 aliphatic rings. The van der Waals surface area contributed by atoms with Crippen molar-refractivity contribution in [1.82, 2.24) is 0 Å². The summed E-state index contributed by atoms with van der Waals surface area (Å²) in [5.41, 5.74) is 0. The van der Waals surface area contributed by atoms with Crippen molar-refractivity contribution >= 4 is 10.1 Å². The molecule has 0 aromatic carbocycles. The average molecular weight is 140 g/mol. The van der Waals surface area contributed by atoms with Gasteiger partial charge in [-0.3, -0.25) is 4.55 Å². The average Bonchev–Trinajstić information content (AvgIpc) is 1.62. The molecule has 48 valence electrons. The molecule has 2 N–H and O–H groups in total. The van der Waals surface area contributed by atoms with E-state index in [0.29, 0.717) is 0 Å². The van der Waals surface area contributed by atoms with Gasteiger partial charge in [0.05, 0.1) is 0 Å². The third kappa shape index (κ3) is 1.92. The van der Waals surface area contributed by atoms with Gasteiger partial charge in [-0.05, 0) is 6.58 Å². The third-order valence-corrected chi connectivity index (χ3v) is 1.04. The van der Waals surface area contributed by atoms with Crippen molar-refractivity contribution in [3.8, 4) is 0 Å². The van der Waals surface area contributed by atoms with Gasteiger partial charge in [0.15, 0.2) is 0 Å². The van der Waals surface area contributed by atoms with E-state index in [-0.39, 0.29) is 0 Å². The van der Waals surface area contributed by atoms with Crippen LogP contribution in [0.3, 0.4) is 0 Å². The molecule has 0 unspecified atom stereocenters. The maximum atomic E-state index is 9.73. The summed E-state index contributed by atoms with van der Waals surface area (Å²) in [6.07, 6.45) is 0. The third-order valence-electron chi connectivity index (χ3n) is 0.390. The second kappa shape index (κ2) is 2.12. The zero-order valence-electron chi connectivity index (χ0n) is 3.73. The van der Waals surface area contributed by atoms with Gasteiger partial charge in [-0.25, -0.2) is 5.26 Å². The van der Waals surface area contributed by atoms with E-state index < -0.39 is 15.2 Å². The van der Waals surface area contributed by atoms with Crippen LogP contribution >= 0.6 is 0 Å². The molecular formula is C2H4O5S. The molecule has 0 aromatic rings. The zero-order chi connectivity index (χ0) is 6.78. The Balaban J connectivity index is 4.29. The number of hydrogen-bond donors (Lipinski definition) is 2. The lowest BCUT2D eigenvalue weighted by Gasteiger charge is -1.92. The highest BCUT2D eigenvalue weighted by molar-refractivity contribution is 7.89. The molecule has 0 fully saturated rings. The minimum absolute atomic E-state index is 1.09. The van der Waals surface area contributed by atoms with Gasteiger partial charge in [-0.1, -0.05) is 0 Å². The highest BCUT2D eigenvalue weighted by Gasteiger charge is 2.11. The van der Waals surface area contributed by atoms with Crippen molar-refractivity contribution < 1.29 is 23.1 Å². The van der Waals surface area contributed by atoms with E-state index in [1.54, 1.807) is 0 Å². The minimum atomic E-state index is -4.42. The maximum absolute atomic E-state index is 9.73. The van der Waals surface area contributed by atoms with E-state index in [4.69, 9.17) is 9.81 Å². The van der Waals surface area contributed by atoms with Crippen LogP contribution in [0.2, 0.25) is 0 Å². The van der Waals surface area contributed by atoms with E-state index in [0.717, 1.165) is 0 Å². The normalized spacial score (nSPS) is 10.8. The van der Waals surface area contributed by atoms with Crippen molar-refractivity contribution in [1.29, 1.82) is 0 Å². The first-order valence-electron chi connectivity index (χ1n) is 1.46. The summed E-state index contributed by atoms with van der Waals surface area (Å²) < 4.78 is 27.3. The second-order valence-electron chi connectivity index (χ2n) is 0.938. The van der Waals surface area contributed by atoms with Gasteiger partial charge in [-0.2, -0.15) is 8.42 Å². The van der Waals surface area contributed by atoms with Crippen molar-refractivity contribution in [2.75, 3.05) is 0 Å². The molecule has 0 saturated carbocycles. The highest BCUT2D eigenvalue weighted by atomic mass is 32.2. The topological polar surface area (TPSA) is 83.8 Å². The first-order valence-corrected chi connectivity index (χ1v) is 2.90. The van der Waals surface area contributed by atoms with E-state index in [1.807, 2.05) is 0 Å². The Hall–Kier alpha value is -0.590. The van der Waals surface area contributed by atoms with Crippen LogP contribution in [0.25, 0.3) is 0 Å². The molecule has 8 heavy (non-hydrogen) atoms. The molecule has 0 aliphatic heterocycles. The van der Waals surface area contributed by atoms with Gasteiger partial charge in [0, 0.05) is 0 Å². The number of rotatable bonds is 2. The first kappa shape index (κ1) is 7.41. The van der Waals surface area contributed by atoms with Gasteiger partial charge >= 0.3 is 10.1 Å². The summed E-state index contributed by atoms with van der Waals surface area (Å²) in [4.78, 5) is 3.08. The van der Waals surface area contributed by atoms with Gasteiger partial charge < -0.3 is 4.89 Å². The lowest BCUT2D eigenvalue weighted by molar-refractivity contribution is -0.193. The van der Waals surface area contributed by atoms with Gasteiger partial charge in [0.25, 0.3) is 5.09 Å². The van der Waals surface area contributed by atoms with E-state index >= 15 is 0 Å². The van der Waals surface area contributed by atoms with Crippen molar-refractivity contribution in [3.63, 3.8) is 0 Å². The largest absolute Gasteiger partial charge is 0.331 e. The van der Waals surface area contributed by atoms with E-state index in [9.17, 15) is 8.42 Å².